The van der Waals surface area contributed by atoms with E-state index in [2.05, 4.69) is 10.2 Å². The van der Waals surface area contributed by atoms with Gasteiger partial charge in [-0.25, -0.2) is 9.18 Å². The lowest BCUT2D eigenvalue weighted by atomic mass is 9.68. The molecule has 0 spiro atoms. The van der Waals surface area contributed by atoms with Crippen molar-refractivity contribution in [3.8, 4) is 0 Å². The summed E-state index contributed by atoms with van der Waals surface area (Å²) in [4.78, 5) is 12.0. The number of esters is 1. The van der Waals surface area contributed by atoms with E-state index in [-0.39, 0.29) is 17.7 Å². The molecule has 1 heterocycles. The minimum absolute atomic E-state index is 0.140. The van der Waals surface area contributed by atoms with Gasteiger partial charge < -0.3 is 4.74 Å². The first kappa shape index (κ1) is 18.3. The Morgan fingerprint density at radius 2 is 2.00 bits per heavy atom. The minimum atomic E-state index is -0.368. The topological polar surface area (TPSA) is 51.0 Å². The number of ether oxygens (including phenoxy) is 1. The highest BCUT2D eigenvalue weighted by molar-refractivity contribution is 6.37. The molecule has 1 fully saturated rings. The van der Waals surface area contributed by atoms with Gasteiger partial charge in [0.05, 0.1) is 6.61 Å². The molecule has 1 aliphatic carbocycles. The van der Waals surface area contributed by atoms with Crippen LogP contribution in [0, 0.1) is 17.7 Å². The van der Waals surface area contributed by atoms with Crippen molar-refractivity contribution in [2.24, 2.45) is 22.0 Å². The molecular formula is C19H25FN2O2. The first-order valence-corrected chi connectivity index (χ1v) is 8.72. The van der Waals surface area contributed by atoms with Gasteiger partial charge in [-0.3, -0.25) is 0 Å². The van der Waals surface area contributed by atoms with Crippen LogP contribution in [0.3, 0.4) is 0 Å². The Morgan fingerprint density at radius 3 is 2.62 bits per heavy atom. The van der Waals surface area contributed by atoms with Crippen molar-refractivity contribution in [1.29, 1.82) is 0 Å². The van der Waals surface area contributed by atoms with Crippen molar-refractivity contribution in [3.05, 3.63) is 35.6 Å². The first-order chi connectivity index (χ1) is 11.7. The summed E-state index contributed by atoms with van der Waals surface area (Å²) in [5.41, 5.74) is 1.88. The smallest absolute Gasteiger partial charge is 0.354 e. The van der Waals surface area contributed by atoms with E-state index in [0.717, 1.165) is 25.0 Å². The summed E-state index contributed by atoms with van der Waals surface area (Å²) in [5, 5.41) is 8.36. The zero-order valence-electron chi connectivity index (χ0n) is 14.6. The number of carbonyl (C=O) groups excluding carboxylic acids is 1. The van der Waals surface area contributed by atoms with E-state index < -0.39 is 0 Å². The van der Waals surface area contributed by atoms with Crippen LogP contribution >= 0.6 is 0 Å². The van der Waals surface area contributed by atoms with Gasteiger partial charge in [-0.05, 0) is 43.7 Å². The molecule has 1 aliphatic heterocycles. The van der Waals surface area contributed by atoms with Crippen LogP contribution in [0.25, 0.3) is 0 Å². The summed E-state index contributed by atoms with van der Waals surface area (Å²) < 4.78 is 18.8. The molecule has 0 bridgehead atoms. The van der Waals surface area contributed by atoms with Crippen LogP contribution in [0.15, 0.2) is 34.5 Å². The predicted octanol–water partition coefficient (Wildman–Crippen LogP) is 4.18. The number of carbonyl (C=O) groups is 1. The van der Waals surface area contributed by atoms with E-state index in [1.54, 1.807) is 19.1 Å². The van der Waals surface area contributed by atoms with Gasteiger partial charge in [0.25, 0.3) is 0 Å². The van der Waals surface area contributed by atoms with E-state index in [1.165, 1.54) is 6.07 Å². The van der Waals surface area contributed by atoms with Crippen LogP contribution in [0.4, 0.5) is 4.39 Å². The predicted molar refractivity (Wildman–Crippen MR) is 93.8 cm³/mol. The molecule has 24 heavy (non-hydrogen) atoms. The Kier molecular flexibility index (Phi) is 6.64. The number of rotatable bonds is 4. The lowest BCUT2D eigenvalue weighted by Crippen LogP contribution is -2.38. The highest BCUT2D eigenvalue weighted by Gasteiger charge is 2.40. The van der Waals surface area contributed by atoms with Gasteiger partial charge in [-0.2, -0.15) is 5.10 Å². The second kappa shape index (κ2) is 8.71. The van der Waals surface area contributed by atoms with Crippen molar-refractivity contribution in [2.45, 2.75) is 46.5 Å². The zero-order chi connectivity index (χ0) is 17.5. The van der Waals surface area contributed by atoms with Crippen molar-refractivity contribution in [1.82, 2.24) is 0 Å². The van der Waals surface area contributed by atoms with E-state index in [1.807, 2.05) is 19.9 Å². The third-order valence-corrected chi connectivity index (χ3v) is 4.40. The summed E-state index contributed by atoms with van der Waals surface area (Å²) in [6, 6.07) is 6.70. The van der Waals surface area contributed by atoms with E-state index in [4.69, 9.17) is 4.74 Å². The molecule has 4 nitrogen and oxygen atoms in total. The van der Waals surface area contributed by atoms with Crippen LogP contribution in [0.2, 0.25) is 0 Å². The SMILES string of the molecule is CC.CCOC(=O)C1=NN=C(Cc2ccccc2F)CC2CCC12. The van der Waals surface area contributed by atoms with Gasteiger partial charge in [-0.15, -0.1) is 5.10 Å². The number of hydrogen-bond donors (Lipinski definition) is 0. The molecule has 2 aliphatic rings. The second-order valence-corrected chi connectivity index (χ2v) is 5.79. The molecule has 130 valence electrons. The zero-order valence-corrected chi connectivity index (χ0v) is 14.6. The molecule has 0 N–H and O–H groups in total. The Labute approximate surface area is 142 Å². The number of halogens is 1. The van der Waals surface area contributed by atoms with Gasteiger partial charge in [0.2, 0.25) is 0 Å². The molecule has 2 unspecified atom stereocenters. The van der Waals surface area contributed by atoms with Crippen LogP contribution in [-0.2, 0) is 16.0 Å². The molecule has 3 rings (SSSR count). The fourth-order valence-electron chi connectivity index (χ4n) is 3.08. The molecule has 0 amide bonds. The lowest BCUT2D eigenvalue weighted by Gasteiger charge is -2.35. The average molecular weight is 332 g/mol. The maximum absolute atomic E-state index is 13.8. The molecule has 0 radical (unpaired) electrons. The summed E-state index contributed by atoms with van der Waals surface area (Å²) in [5.74, 6) is -0.0839. The molecule has 1 saturated carbocycles. The Bertz CT molecular complexity index is 640. The minimum Gasteiger partial charge on any atom is -0.461 e. The third-order valence-electron chi connectivity index (χ3n) is 4.40. The maximum Gasteiger partial charge on any atom is 0.354 e. The molecule has 0 saturated heterocycles. The van der Waals surface area contributed by atoms with Gasteiger partial charge >= 0.3 is 5.97 Å². The lowest BCUT2D eigenvalue weighted by molar-refractivity contribution is -0.135. The van der Waals surface area contributed by atoms with Crippen molar-refractivity contribution in [3.63, 3.8) is 0 Å². The van der Waals surface area contributed by atoms with Gasteiger partial charge in [0, 0.05) is 18.1 Å². The second-order valence-electron chi connectivity index (χ2n) is 5.79. The van der Waals surface area contributed by atoms with Crippen molar-refractivity contribution >= 4 is 17.4 Å². The highest BCUT2D eigenvalue weighted by atomic mass is 19.1. The standard InChI is InChI=1S/C17H19FN2O2.C2H6/c1-2-22-17(21)16-14-8-7-11(14)9-13(19-20-16)10-12-5-3-4-6-15(12)18;1-2/h3-6,11,14H,2,7-10H2,1H3;1-2H3. The van der Waals surface area contributed by atoms with Crippen LogP contribution in [0.5, 0.6) is 0 Å². The summed E-state index contributed by atoms with van der Waals surface area (Å²) in [6.07, 6.45) is 3.21. The van der Waals surface area contributed by atoms with Gasteiger partial charge in [0.1, 0.15) is 5.82 Å². The van der Waals surface area contributed by atoms with Gasteiger partial charge in [0.15, 0.2) is 5.71 Å². The van der Waals surface area contributed by atoms with Crippen LogP contribution < -0.4 is 0 Å². The Hall–Kier alpha value is -2.04. The maximum atomic E-state index is 13.8. The molecular weight excluding hydrogens is 307 g/mol. The number of nitrogens with zero attached hydrogens (tertiary/aromatic N) is 2. The largest absolute Gasteiger partial charge is 0.461 e. The highest BCUT2D eigenvalue weighted by Crippen LogP contribution is 2.40. The Morgan fingerprint density at radius 1 is 1.25 bits per heavy atom. The molecule has 1 aromatic rings. The summed E-state index contributed by atoms with van der Waals surface area (Å²) in [7, 11) is 0. The quantitative estimate of drug-likeness (QED) is 0.777. The van der Waals surface area contributed by atoms with Crippen LogP contribution in [-0.4, -0.2) is 24.0 Å². The number of fused-ring (bicyclic) bond motifs is 1. The van der Waals surface area contributed by atoms with E-state index >= 15 is 0 Å². The van der Waals surface area contributed by atoms with Crippen molar-refractivity contribution < 1.29 is 13.9 Å². The molecule has 1 aromatic carbocycles. The number of benzene rings is 1. The Balaban J connectivity index is 0.00000100. The summed E-state index contributed by atoms with van der Waals surface area (Å²) >= 11 is 0. The number of hydrogen-bond acceptors (Lipinski definition) is 4. The first-order valence-electron chi connectivity index (χ1n) is 8.72. The normalized spacial score (nSPS) is 21.8. The molecule has 2 atom stereocenters. The van der Waals surface area contributed by atoms with E-state index in [9.17, 15) is 9.18 Å². The van der Waals surface area contributed by atoms with E-state index in [0.29, 0.717) is 30.2 Å². The average Bonchev–Trinajstić information content (AvgIpc) is 2.69. The van der Waals surface area contributed by atoms with Crippen LogP contribution in [0.1, 0.15) is 45.6 Å². The molecule has 5 heteroatoms. The third kappa shape index (κ3) is 4.08. The van der Waals surface area contributed by atoms with Crippen molar-refractivity contribution in [2.75, 3.05) is 6.61 Å². The molecule has 0 aromatic heterocycles. The fourth-order valence-corrected chi connectivity index (χ4v) is 3.08. The monoisotopic (exact) mass is 332 g/mol. The van der Waals surface area contributed by atoms with Gasteiger partial charge in [-0.1, -0.05) is 32.0 Å². The fraction of sp³-hybridized carbons (Fsp3) is 0.526. The summed E-state index contributed by atoms with van der Waals surface area (Å²) in [6.45, 7) is 6.11.